The summed E-state index contributed by atoms with van der Waals surface area (Å²) in [7, 11) is 0. The molecule has 6 nitrogen and oxygen atoms in total. The smallest absolute Gasteiger partial charge is 0.321 e. The number of oxazole rings is 1. The minimum absolute atomic E-state index is 0.158. The predicted molar refractivity (Wildman–Crippen MR) is 140 cm³/mol. The molecular formula is C30H32N2O4. The average Bonchev–Trinajstić information content (AvgIpc) is 3.28. The van der Waals surface area contributed by atoms with Gasteiger partial charge in [0.1, 0.15) is 17.6 Å². The van der Waals surface area contributed by atoms with Gasteiger partial charge < -0.3 is 14.3 Å². The maximum absolute atomic E-state index is 12.1. The molecule has 0 radical (unpaired) electrons. The van der Waals surface area contributed by atoms with Crippen LogP contribution in [0, 0.1) is 6.92 Å². The molecule has 0 aliphatic rings. The van der Waals surface area contributed by atoms with Crippen LogP contribution >= 0.6 is 0 Å². The van der Waals surface area contributed by atoms with Crippen molar-refractivity contribution in [2.75, 3.05) is 6.61 Å². The van der Waals surface area contributed by atoms with Crippen LogP contribution in [0.2, 0.25) is 0 Å². The van der Waals surface area contributed by atoms with Gasteiger partial charge in [-0.25, -0.2) is 4.98 Å². The van der Waals surface area contributed by atoms with E-state index in [0.717, 1.165) is 33.9 Å². The van der Waals surface area contributed by atoms with Gasteiger partial charge in [-0.05, 0) is 48.7 Å². The predicted octanol–water partition coefficient (Wildman–Crippen LogP) is 6.01. The van der Waals surface area contributed by atoms with Gasteiger partial charge >= 0.3 is 5.97 Å². The quantitative estimate of drug-likeness (QED) is 0.256. The van der Waals surface area contributed by atoms with Crippen molar-refractivity contribution in [1.29, 1.82) is 0 Å². The van der Waals surface area contributed by atoms with Gasteiger partial charge in [0, 0.05) is 24.4 Å². The molecule has 2 atom stereocenters. The first-order valence-corrected chi connectivity index (χ1v) is 12.3. The summed E-state index contributed by atoms with van der Waals surface area (Å²) in [5.74, 6) is 1.14. The maximum Gasteiger partial charge on any atom is 0.321 e. The molecule has 0 aliphatic heterocycles. The van der Waals surface area contributed by atoms with Crippen molar-refractivity contribution in [3.8, 4) is 17.2 Å². The fourth-order valence-electron chi connectivity index (χ4n) is 4.33. The van der Waals surface area contributed by atoms with Crippen LogP contribution in [0.5, 0.6) is 5.75 Å². The monoisotopic (exact) mass is 484 g/mol. The van der Waals surface area contributed by atoms with E-state index in [2.05, 4.69) is 10.3 Å². The molecule has 36 heavy (non-hydrogen) atoms. The molecule has 0 spiro atoms. The molecule has 4 aromatic rings. The average molecular weight is 485 g/mol. The summed E-state index contributed by atoms with van der Waals surface area (Å²) >= 11 is 0. The number of ether oxygens (including phenoxy) is 1. The first kappa shape index (κ1) is 25.2. The molecule has 0 fully saturated rings. The van der Waals surface area contributed by atoms with Gasteiger partial charge in [0.2, 0.25) is 5.89 Å². The first-order chi connectivity index (χ1) is 17.5. The van der Waals surface area contributed by atoms with Crippen LogP contribution in [-0.2, 0) is 17.8 Å². The Hall–Kier alpha value is -3.90. The van der Waals surface area contributed by atoms with Gasteiger partial charge in [-0.2, -0.15) is 0 Å². The Kier molecular flexibility index (Phi) is 8.53. The third-order valence-electron chi connectivity index (χ3n) is 6.31. The lowest BCUT2D eigenvalue weighted by Crippen LogP contribution is -2.41. The van der Waals surface area contributed by atoms with Crippen molar-refractivity contribution in [1.82, 2.24) is 10.3 Å². The lowest BCUT2D eigenvalue weighted by Gasteiger charge is -2.24. The van der Waals surface area contributed by atoms with E-state index in [9.17, 15) is 9.90 Å². The van der Waals surface area contributed by atoms with Crippen LogP contribution in [0.4, 0.5) is 0 Å². The summed E-state index contributed by atoms with van der Waals surface area (Å²) in [6, 6.07) is 26.7. The largest absolute Gasteiger partial charge is 0.493 e. The van der Waals surface area contributed by atoms with Gasteiger partial charge in [0.05, 0.1) is 12.3 Å². The van der Waals surface area contributed by atoms with E-state index in [1.54, 1.807) is 0 Å². The summed E-state index contributed by atoms with van der Waals surface area (Å²) < 4.78 is 11.8. The Morgan fingerprint density at radius 2 is 1.67 bits per heavy atom. The SMILES string of the molecule is CCC(c1ccc(OCCc2nc(-c3ccccc3)oc2C)cc1)C(NCc1ccccc1)C(=O)O. The second kappa shape index (κ2) is 12.2. The minimum atomic E-state index is -0.851. The highest BCUT2D eigenvalue weighted by molar-refractivity contribution is 5.75. The lowest BCUT2D eigenvalue weighted by atomic mass is 9.89. The van der Waals surface area contributed by atoms with E-state index in [1.165, 1.54) is 0 Å². The Morgan fingerprint density at radius 1 is 1.00 bits per heavy atom. The fourth-order valence-corrected chi connectivity index (χ4v) is 4.33. The summed E-state index contributed by atoms with van der Waals surface area (Å²) in [5.41, 5.74) is 3.86. The van der Waals surface area contributed by atoms with Crippen LogP contribution in [0.25, 0.3) is 11.5 Å². The summed E-state index contributed by atoms with van der Waals surface area (Å²) in [6.45, 7) is 4.90. The van der Waals surface area contributed by atoms with Crippen LogP contribution in [0.15, 0.2) is 89.3 Å². The Morgan fingerprint density at radius 3 is 2.31 bits per heavy atom. The van der Waals surface area contributed by atoms with Crippen molar-refractivity contribution in [2.24, 2.45) is 0 Å². The van der Waals surface area contributed by atoms with Crippen LogP contribution < -0.4 is 10.1 Å². The second-order valence-electron chi connectivity index (χ2n) is 8.75. The zero-order valence-electron chi connectivity index (χ0n) is 20.7. The third kappa shape index (κ3) is 6.40. The van der Waals surface area contributed by atoms with Crippen molar-refractivity contribution in [2.45, 2.75) is 45.2 Å². The number of nitrogens with one attached hydrogen (secondary N) is 1. The number of rotatable bonds is 12. The molecule has 4 rings (SSSR count). The number of carboxylic acids is 1. The van der Waals surface area contributed by atoms with Crippen molar-refractivity contribution < 1.29 is 19.1 Å². The van der Waals surface area contributed by atoms with E-state index in [-0.39, 0.29) is 5.92 Å². The van der Waals surface area contributed by atoms with Crippen LogP contribution in [0.3, 0.4) is 0 Å². The molecule has 3 aromatic carbocycles. The van der Waals surface area contributed by atoms with E-state index in [0.29, 0.717) is 31.9 Å². The number of carboxylic acid groups (broad SMARTS) is 1. The standard InChI is InChI=1S/C30H32N2O4/c1-3-26(28(30(33)34)31-20-22-10-6-4-7-11-22)23-14-16-25(17-15-23)35-19-18-27-21(2)36-29(32-27)24-12-8-5-9-13-24/h4-17,26,28,31H,3,18-20H2,1-2H3,(H,33,34). The van der Waals surface area contributed by atoms with Gasteiger partial charge in [0.15, 0.2) is 0 Å². The number of hydrogen-bond donors (Lipinski definition) is 2. The third-order valence-corrected chi connectivity index (χ3v) is 6.31. The topological polar surface area (TPSA) is 84.6 Å². The molecular weight excluding hydrogens is 452 g/mol. The Bertz CT molecular complexity index is 1240. The Labute approximate surface area is 212 Å². The fraction of sp³-hybridized carbons (Fsp3) is 0.267. The molecule has 0 aliphatic carbocycles. The number of nitrogens with zero attached hydrogens (tertiary/aromatic N) is 1. The molecule has 1 aromatic heterocycles. The number of carbonyl (C=O) groups is 1. The highest BCUT2D eigenvalue weighted by Crippen LogP contribution is 2.27. The molecule has 1 heterocycles. The van der Waals surface area contributed by atoms with E-state index in [1.807, 2.05) is 98.8 Å². The number of aryl methyl sites for hydroxylation is 1. The first-order valence-electron chi connectivity index (χ1n) is 12.3. The van der Waals surface area contributed by atoms with Gasteiger partial charge in [-0.3, -0.25) is 10.1 Å². The van der Waals surface area contributed by atoms with Gasteiger partial charge in [-0.1, -0.05) is 67.6 Å². The molecule has 0 bridgehead atoms. The van der Waals surface area contributed by atoms with Gasteiger partial charge in [-0.15, -0.1) is 0 Å². The maximum atomic E-state index is 12.1. The molecule has 0 saturated carbocycles. The molecule has 0 amide bonds. The van der Waals surface area contributed by atoms with Crippen molar-refractivity contribution in [3.05, 3.63) is 108 Å². The number of aromatic nitrogens is 1. The number of benzene rings is 3. The summed E-state index contributed by atoms with van der Waals surface area (Å²) in [6.07, 6.45) is 1.33. The van der Waals surface area contributed by atoms with Crippen LogP contribution in [-0.4, -0.2) is 28.7 Å². The zero-order chi connectivity index (χ0) is 25.3. The normalized spacial score (nSPS) is 12.7. The van der Waals surface area contributed by atoms with Crippen LogP contribution in [0.1, 0.15) is 41.8 Å². The lowest BCUT2D eigenvalue weighted by molar-refractivity contribution is -0.140. The van der Waals surface area contributed by atoms with Gasteiger partial charge in [0.25, 0.3) is 0 Å². The van der Waals surface area contributed by atoms with E-state index >= 15 is 0 Å². The molecule has 2 unspecified atom stereocenters. The Balaban J connectivity index is 1.35. The minimum Gasteiger partial charge on any atom is -0.493 e. The molecule has 6 heteroatoms. The number of hydrogen-bond acceptors (Lipinski definition) is 5. The molecule has 0 saturated heterocycles. The summed E-state index contributed by atoms with van der Waals surface area (Å²) in [4.78, 5) is 16.7. The molecule has 186 valence electrons. The number of aliphatic carboxylic acids is 1. The summed E-state index contributed by atoms with van der Waals surface area (Å²) in [5, 5.41) is 13.1. The van der Waals surface area contributed by atoms with Crippen molar-refractivity contribution >= 4 is 5.97 Å². The molecule has 2 N–H and O–H groups in total. The van der Waals surface area contributed by atoms with E-state index in [4.69, 9.17) is 9.15 Å². The highest BCUT2D eigenvalue weighted by Gasteiger charge is 2.27. The zero-order valence-corrected chi connectivity index (χ0v) is 20.7. The highest BCUT2D eigenvalue weighted by atomic mass is 16.5. The van der Waals surface area contributed by atoms with E-state index < -0.39 is 12.0 Å². The van der Waals surface area contributed by atoms with Crippen molar-refractivity contribution in [3.63, 3.8) is 0 Å². The second-order valence-corrected chi connectivity index (χ2v) is 8.75.